The molecule has 0 radical (unpaired) electrons. The molecule has 0 bridgehead atoms. The third kappa shape index (κ3) is 5.63. The molecule has 3 aromatic rings. The van der Waals surface area contributed by atoms with Crippen molar-refractivity contribution >= 4 is 11.6 Å². The zero-order valence-electron chi connectivity index (χ0n) is 20.0. The molecule has 0 spiro atoms. The molecule has 5 N–H and O–H groups in total. The first kappa shape index (κ1) is 23.5. The number of tetrazole rings is 1. The number of rotatable bonds is 8. The molecule has 0 amide bonds. The van der Waals surface area contributed by atoms with Gasteiger partial charge in [-0.2, -0.15) is 0 Å². The standard InChI is InChI=1S/C24H33N9O/c1-16-9-11-18(12-10-16)33-30-24(29-31-33)27-15-21(32(3)26)23(25)20-13-14-22(17(2)28-20)34-19-7-5-4-6-8-19/h9-14,19H,4-8,15,25-26H2,1-3H3,(H,27,30)/b23-21-. The second-order valence-corrected chi connectivity index (χ2v) is 8.72. The summed E-state index contributed by atoms with van der Waals surface area (Å²) in [6.45, 7) is 4.27. The summed E-state index contributed by atoms with van der Waals surface area (Å²) in [5.41, 5.74) is 11.0. The van der Waals surface area contributed by atoms with E-state index in [1.165, 1.54) is 29.1 Å². The van der Waals surface area contributed by atoms with E-state index in [0.717, 1.165) is 35.5 Å². The fraction of sp³-hybridized carbons (Fsp3) is 0.417. The molecule has 1 fully saturated rings. The summed E-state index contributed by atoms with van der Waals surface area (Å²) in [6.07, 6.45) is 6.19. The van der Waals surface area contributed by atoms with E-state index in [-0.39, 0.29) is 6.10 Å². The van der Waals surface area contributed by atoms with Crippen molar-refractivity contribution in [3.8, 4) is 11.4 Å². The number of aromatic nitrogens is 5. The minimum Gasteiger partial charge on any atom is -0.489 e. The molecule has 10 heteroatoms. The molecule has 1 saturated carbocycles. The Kier molecular flexibility index (Phi) is 7.27. The lowest BCUT2D eigenvalue weighted by Gasteiger charge is -2.24. The number of anilines is 1. The van der Waals surface area contributed by atoms with Gasteiger partial charge in [-0.1, -0.05) is 29.2 Å². The van der Waals surface area contributed by atoms with Gasteiger partial charge in [-0.15, -0.1) is 9.90 Å². The molecular formula is C24H33N9O. The third-order valence-electron chi connectivity index (χ3n) is 5.99. The molecule has 2 heterocycles. The van der Waals surface area contributed by atoms with Gasteiger partial charge in [0.05, 0.1) is 41.1 Å². The van der Waals surface area contributed by atoms with Crippen LogP contribution in [0.5, 0.6) is 5.75 Å². The van der Waals surface area contributed by atoms with Crippen molar-refractivity contribution in [2.45, 2.75) is 52.1 Å². The predicted molar refractivity (Wildman–Crippen MR) is 132 cm³/mol. The van der Waals surface area contributed by atoms with Crippen molar-refractivity contribution in [3.63, 3.8) is 0 Å². The van der Waals surface area contributed by atoms with E-state index in [2.05, 4.69) is 25.7 Å². The SMILES string of the molecule is Cc1ccc(-n2nnc(NC/C(=C(/N)c3ccc(OC4CCCCC4)c(C)n3)N(C)N)n2)cc1. The Labute approximate surface area is 200 Å². The molecule has 1 aliphatic carbocycles. The molecule has 34 heavy (non-hydrogen) atoms. The van der Waals surface area contributed by atoms with E-state index in [0.29, 0.717) is 29.6 Å². The Bertz CT molecular complexity index is 1130. The monoisotopic (exact) mass is 463 g/mol. The van der Waals surface area contributed by atoms with Crippen molar-refractivity contribution in [3.05, 3.63) is 59.0 Å². The van der Waals surface area contributed by atoms with E-state index in [1.54, 1.807) is 7.05 Å². The summed E-state index contributed by atoms with van der Waals surface area (Å²) in [5.74, 6) is 7.26. The Morgan fingerprint density at radius 3 is 2.53 bits per heavy atom. The fourth-order valence-electron chi connectivity index (χ4n) is 3.98. The first-order chi connectivity index (χ1) is 16.4. The Balaban J connectivity index is 1.46. The maximum Gasteiger partial charge on any atom is 0.264 e. The average Bonchev–Trinajstić information content (AvgIpc) is 3.30. The number of nitrogens with two attached hydrogens (primary N) is 2. The van der Waals surface area contributed by atoms with E-state index in [4.69, 9.17) is 16.3 Å². The number of aryl methyl sites for hydroxylation is 2. The first-order valence-electron chi connectivity index (χ1n) is 11.6. The maximum absolute atomic E-state index is 6.47. The van der Waals surface area contributed by atoms with E-state index in [9.17, 15) is 0 Å². The molecule has 180 valence electrons. The van der Waals surface area contributed by atoms with E-state index >= 15 is 0 Å². The topological polar surface area (TPSA) is 133 Å². The third-order valence-corrected chi connectivity index (χ3v) is 5.99. The number of nitrogens with one attached hydrogen (secondary N) is 1. The number of hydrazine groups is 1. The van der Waals surface area contributed by atoms with Crippen LogP contribution >= 0.6 is 0 Å². The molecule has 0 atom stereocenters. The van der Waals surface area contributed by atoms with Crippen molar-refractivity contribution in [2.24, 2.45) is 11.6 Å². The van der Waals surface area contributed by atoms with Crippen LogP contribution in [0.25, 0.3) is 11.4 Å². The van der Waals surface area contributed by atoms with Gasteiger partial charge in [-0.25, -0.2) is 10.8 Å². The van der Waals surface area contributed by atoms with Crippen LogP contribution < -0.4 is 21.6 Å². The highest BCUT2D eigenvalue weighted by Crippen LogP contribution is 2.26. The highest BCUT2D eigenvalue weighted by atomic mass is 16.5. The van der Waals surface area contributed by atoms with Gasteiger partial charge in [0.25, 0.3) is 5.95 Å². The number of likely N-dealkylation sites (N-methyl/N-ethyl adjacent to an activating group) is 1. The zero-order valence-corrected chi connectivity index (χ0v) is 20.0. The minimum atomic E-state index is 0.267. The summed E-state index contributed by atoms with van der Waals surface area (Å²) < 4.78 is 6.19. The van der Waals surface area contributed by atoms with Crippen molar-refractivity contribution in [1.29, 1.82) is 0 Å². The minimum absolute atomic E-state index is 0.267. The molecule has 1 aliphatic rings. The highest BCUT2D eigenvalue weighted by molar-refractivity contribution is 5.64. The second kappa shape index (κ2) is 10.5. The summed E-state index contributed by atoms with van der Waals surface area (Å²) in [6, 6.07) is 11.7. The van der Waals surface area contributed by atoms with Crippen molar-refractivity contribution in [1.82, 2.24) is 30.2 Å². The molecule has 2 aromatic heterocycles. The lowest BCUT2D eigenvalue weighted by Crippen LogP contribution is -2.32. The lowest BCUT2D eigenvalue weighted by atomic mass is 9.98. The van der Waals surface area contributed by atoms with E-state index < -0.39 is 0 Å². The summed E-state index contributed by atoms with van der Waals surface area (Å²) in [5, 5.41) is 17.2. The van der Waals surface area contributed by atoms with Crippen molar-refractivity contribution < 1.29 is 4.74 Å². The van der Waals surface area contributed by atoms with Crippen LogP contribution in [0.4, 0.5) is 5.95 Å². The van der Waals surface area contributed by atoms with Crippen LogP contribution in [-0.4, -0.2) is 49.9 Å². The van der Waals surface area contributed by atoms with Crippen LogP contribution in [-0.2, 0) is 0 Å². The van der Waals surface area contributed by atoms with Gasteiger partial charge in [0.2, 0.25) is 0 Å². The van der Waals surface area contributed by atoms with Crippen LogP contribution in [0.1, 0.15) is 49.1 Å². The first-order valence-corrected chi connectivity index (χ1v) is 11.6. The van der Waals surface area contributed by atoms with Gasteiger partial charge in [0.1, 0.15) is 5.75 Å². The van der Waals surface area contributed by atoms with Gasteiger partial charge in [0, 0.05) is 7.05 Å². The van der Waals surface area contributed by atoms with E-state index in [1.807, 2.05) is 50.2 Å². The molecular weight excluding hydrogens is 430 g/mol. The quantitative estimate of drug-likeness (QED) is 0.340. The molecule has 1 aromatic carbocycles. The van der Waals surface area contributed by atoms with Gasteiger partial charge in [-0.3, -0.25) is 0 Å². The zero-order chi connectivity index (χ0) is 24.1. The molecule has 0 unspecified atom stereocenters. The van der Waals surface area contributed by atoms with Crippen LogP contribution in [0.2, 0.25) is 0 Å². The lowest BCUT2D eigenvalue weighted by molar-refractivity contribution is 0.153. The average molecular weight is 464 g/mol. The second-order valence-electron chi connectivity index (χ2n) is 8.72. The number of hydrogen-bond donors (Lipinski definition) is 3. The summed E-state index contributed by atoms with van der Waals surface area (Å²) in [7, 11) is 1.73. The number of benzene rings is 1. The maximum atomic E-state index is 6.47. The van der Waals surface area contributed by atoms with Gasteiger partial charge < -0.3 is 20.8 Å². The Morgan fingerprint density at radius 2 is 1.85 bits per heavy atom. The van der Waals surface area contributed by atoms with Crippen molar-refractivity contribution in [2.75, 3.05) is 18.9 Å². The molecule has 4 rings (SSSR count). The molecule has 10 nitrogen and oxygen atoms in total. The largest absolute Gasteiger partial charge is 0.489 e. The van der Waals surface area contributed by atoms with Crippen LogP contribution in [0.15, 0.2) is 42.1 Å². The van der Waals surface area contributed by atoms with Gasteiger partial charge in [-0.05, 0) is 69.0 Å². The number of hydrogen-bond acceptors (Lipinski definition) is 9. The number of ether oxygens (including phenoxy) is 1. The Hall–Kier alpha value is -3.66. The Morgan fingerprint density at radius 1 is 1.12 bits per heavy atom. The predicted octanol–water partition coefficient (Wildman–Crippen LogP) is 2.93. The fourth-order valence-corrected chi connectivity index (χ4v) is 3.98. The normalized spacial score (nSPS) is 15.1. The molecule has 0 saturated heterocycles. The van der Waals surface area contributed by atoms with Crippen LogP contribution in [0.3, 0.4) is 0 Å². The summed E-state index contributed by atoms with van der Waals surface area (Å²) in [4.78, 5) is 6.15. The van der Waals surface area contributed by atoms with Crippen LogP contribution in [0, 0.1) is 13.8 Å². The number of pyridine rings is 1. The highest BCUT2D eigenvalue weighted by Gasteiger charge is 2.18. The van der Waals surface area contributed by atoms with Gasteiger partial charge in [0.15, 0.2) is 0 Å². The molecule has 0 aliphatic heterocycles. The smallest absolute Gasteiger partial charge is 0.264 e. The summed E-state index contributed by atoms with van der Waals surface area (Å²) >= 11 is 0. The van der Waals surface area contributed by atoms with Gasteiger partial charge >= 0.3 is 0 Å². The number of nitrogens with zero attached hydrogens (tertiary/aromatic N) is 6.